The van der Waals surface area contributed by atoms with Gasteiger partial charge in [-0.05, 0) is 40.3 Å². The number of benzene rings is 1. The number of imide groups is 1. The van der Waals surface area contributed by atoms with Crippen molar-refractivity contribution < 1.29 is 9.59 Å². The van der Waals surface area contributed by atoms with Gasteiger partial charge in [0.25, 0.3) is 5.91 Å². The Hall–Kier alpha value is -2.77. The summed E-state index contributed by atoms with van der Waals surface area (Å²) in [5, 5.41) is 14.3. The van der Waals surface area contributed by atoms with Crippen LogP contribution in [0.2, 0.25) is 0 Å². The third kappa shape index (κ3) is 3.43. The lowest BCUT2D eigenvalue weighted by molar-refractivity contribution is -0.131. The molecule has 2 aromatic rings. The summed E-state index contributed by atoms with van der Waals surface area (Å²) in [6.07, 6.45) is 0.857. The van der Waals surface area contributed by atoms with Gasteiger partial charge in [0.1, 0.15) is 5.54 Å². The van der Waals surface area contributed by atoms with Crippen molar-refractivity contribution in [3.05, 3.63) is 41.2 Å². The standard InChI is InChI=1S/C19H26N6O2/c1-6-11-25-15(21-22-23-25)12-24-16(26)19(5,20-17(24)27)14-9-7-13(8-10-14)18(2,3)4/h7-10H,6,11-12H2,1-5H3,(H,20,27). The number of amides is 3. The number of tetrazole rings is 1. The molecule has 8 heteroatoms. The van der Waals surface area contributed by atoms with Gasteiger partial charge in [0, 0.05) is 6.54 Å². The molecule has 144 valence electrons. The zero-order valence-electron chi connectivity index (χ0n) is 16.5. The molecular weight excluding hydrogens is 344 g/mol. The molecule has 1 saturated heterocycles. The Morgan fingerprint density at radius 2 is 1.81 bits per heavy atom. The van der Waals surface area contributed by atoms with E-state index in [9.17, 15) is 9.59 Å². The highest BCUT2D eigenvalue weighted by atomic mass is 16.2. The molecule has 3 rings (SSSR count). The van der Waals surface area contributed by atoms with Crippen molar-refractivity contribution in [2.45, 2.75) is 65.1 Å². The number of nitrogens with zero attached hydrogens (tertiary/aromatic N) is 5. The first-order chi connectivity index (χ1) is 12.7. The zero-order valence-corrected chi connectivity index (χ0v) is 16.5. The van der Waals surface area contributed by atoms with Crippen LogP contribution in [-0.4, -0.2) is 37.0 Å². The van der Waals surface area contributed by atoms with E-state index in [0.717, 1.165) is 12.0 Å². The van der Waals surface area contributed by atoms with E-state index in [1.165, 1.54) is 10.5 Å². The minimum Gasteiger partial charge on any atom is -0.319 e. The summed E-state index contributed by atoms with van der Waals surface area (Å²) in [6, 6.07) is 7.38. The molecule has 1 aromatic heterocycles. The van der Waals surface area contributed by atoms with Crippen molar-refractivity contribution >= 4 is 11.9 Å². The molecule has 1 aromatic carbocycles. The lowest BCUT2D eigenvalue weighted by atomic mass is 9.84. The van der Waals surface area contributed by atoms with Gasteiger partial charge in [0.15, 0.2) is 5.82 Å². The van der Waals surface area contributed by atoms with E-state index >= 15 is 0 Å². The van der Waals surface area contributed by atoms with Crippen LogP contribution in [0.3, 0.4) is 0 Å². The maximum atomic E-state index is 13.1. The maximum absolute atomic E-state index is 13.1. The molecule has 0 bridgehead atoms. The fraction of sp³-hybridized carbons (Fsp3) is 0.526. The Balaban J connectivity index is 1.85. The number of carbonyl (C=O) groups is 2. The highest BCUT2D eigenvalue weighted by molar-refractivity contribution is 6.07. The SMILES string of the molecule is CCCn1nnnc1CN1C(=O)NC(C)(c2ccc(C(C)(C)C)cc2)C1=O. The van der Waals surface area contributed by atoms with Crippen molar-refractivity contribution in [1.29, 1.82) is 0 Å². The molecule has 1 aliphatic rings. The zero-order chi connectivity index (χ0) is 19.8. The summed E-state index contributed by atoms with van der Waals surface area (Å²) >= 11 is 0. The van der Waals surface area contributed by atoms with Crippen LogP contribution < -0.4 is 5.32 Å². The summed E-state index contributed by atoms with van der Waals surface area (Å²) in [5.74, 6) is 0.190. The molecule has 1 fully saturated rings. The van der Waals surface area contributed by atoms with Gasteiger partial charge in [-0.2, -0.15) is 0 Å². The van der Waals surface area contributed by atoms with Crippen LogP contribution >= 0.6 is 0 Å². The Morgan fingerprint density at radius 1 is 1.15 bits per heavy atom. The van der Waals surface area contributed by atoms with E-state index in [2.05, 4.69) is 41.6 Å². The third-order valence-corrected chi connectivity index (χ3v) is 4.94. The second kappa shape index (κ2) is 6.75. The highest BCUT2D eigenvalue weighted by Gasteiger charge is 2.49. The molecule has 1 aliphatic heterocycles. The van der Waals surface area contributed by atoms with Crippen LogP contribution in [0.4, 0.5) is 4.79 Å². The van der Waals surface area contributed by atoms with Crippen molar-refractivity contribution in [3.63, 3.8) is 0 Å². The molecule has 0 aliphatic carbocycles. The summed E-state index contributed by atoms with van der Waals surface area (Å²) in [4.78, 5) is 26.8. The van der Waals surface area contributed by atoms with Gasteiger partial charge in [0.05, 0.1) is 6.54 Å². The summed E-state index contributed by atoms with van der Waals surface area (Å²) in [5.41, 5.74) is 0.841. The predicted molar refractivity (Wildman–Crippen MR) is 99.7 cm³/mol. The largest absolute Gasteiger partial charge is 0.325 e. The van der Waals surface area contributed by atoms with E-state index in [1.807, 2.05) is 31.2 Å². The second-order valence-electron chi connectivity index (χ2n) is 8.09. The average molecular weight is 370 g/mol. The number of hydrogen-bond donors (Lipinski definition) is 1. The fourth-order valence-electron chi connectivity index (χ4n) is 3.20. The van der Waals surface area contributed by atoms with E-state index in [4.69, 9.17) is 0 Å². The predicted octanol–water partition coefficient (Wildman–Crippen LogP) is 2.35. The lowest BCUT2D eigenvalue weighted by Crippen LogP contribution is -2.41. The average Bonchev–Trinajstić information content (AvgIpc) is 3.13. The third-order valence-electron chi connectivity index (χ3n) is 4.94. The van der Waals surface area contributed by atoms with E-state index in [1.54, 1.807) is 11.6 Å². The minimum atomic E-state index is -1.10. The number of aryl methyl sites for hydroxylation is 1. The molecule has 0 saturated carbocycles. The minimum absolute atomic E-state index is 0.0186. The molecular formula is C19H26N6O2. The maximum Gasteiger partial charge on any atom is 0.325 e. The molecule has 8 nitrogen and oxygen atoms in total. The van der Waals surface area contributed by atoms with Crippen molar-refractivity contribution in [3.8, 4) is 0 Å². The molecule has 0 spiro atoms. The molecule has 2 heterocycles. The van der Waals surface area contributed by atoms with E-state index in [0.29, 0.717) is 12.4 Å². The van der Waals surface area contributed by atoms with Crippen molar-refractivity contribution in [1.82, 2.24) is 30.4 Å². The second-order valence-corrected chi connectivity index (χ2v) is 8.09. The molecule has 3 amide bonds. The topological polar surface area (TPSA) is 93.0 Å². The molecule has 1 N–H and O–H groups in total. The normalized spacial score (nSPS) is 20.3. The molecule has 0 radical (unpaired) electrons. The van der Waals surface area contributed by atoms with Crippen molar-refractivity contribution in [2.75, 3.05) is 0 Å². The Bertz CT molecular complexity index is 852. The fourth-order valence-corrected chi connectivity index (χ4v) is 3.20. The van der Waals surface area contributed by atoms with Crippen LogP contribution in [0.25, 0.3) is 0 Å². The molecule has 27 heavy (non-hydrogen) atoms. The van der Waals surface area contributed by atoms with Gasteiger partial charge < -0.3 is 5.32 Å². The van der Waals surface area contributed by atoms with Crippen LogP contribution in [0.15, 0.2) is 24.3 Å². The van der Waals surface area contributed by atoms with Gasteiger partial charge in [0.2, 0.25) is 0 Å². The highest BCUT2D eigenvalue weighted by Crippen LogP contribution is 2.31. The van der Waals surface area contributed by atoms with Crippen LogP contribution in [0.5, 0.6) is 0 Å². The Morgan fingerprint density at radius 3 is 2.41 bits per heavy atom. The van der Waals surface area contributed by atoms with Gasteiger partial charge in [-0.25, -0.2) is 9.48 Å². The summed E-state index contributed by atoms with van der Waals surface area (Å²) in [6.45, 7) is 10.8. The summed E-state index contributed by atoms with van der Waals surface area (Å²) in [7, 11) is 0. The smallest absolute Gasteiger partial charge is 0.319 e. The quantitative estimate of drug-likeness (QED) is 0.816. The number of urea groups is 1. The number of carbonyl (C=O) groups excluding carboxylic acids is 2. The van der Waals surface area contributed by atoms with Crippen LogP contribution in [0.1, 0.15) is 58.0 Å². The van der Waals surface area contributed by atoms with Gasteiger partial charge in [-0.1, -0.05) is 52.0 Å². The molecule has 1 atom stereocenters. The monoisotopic (exact) mass is 370 g/mol. The Kier molecular flexibility index (Phi) is 4.75. The van der Waals surface area contributed by atoms with Gasteiger partial charge in [-0.15, -0.1) is 5.10 Å². The first-order valence-corrected chi connectivity index (χ1v) is 9.17. The van der Waals surface area contributed by atoms with Crippen molar-refractivity contribution in [2.24, 2.45) is 0 Å². The van der Waals surface area contributed by atoms with E-state index < -0.39 is 11.6 Å². The van der Waals surface area contributed by atoms with Crippen LogP contribution in [0, 0.1) is 0 Å². The van der Waals surface area contributed by atoms with E-state index in [-0.39, 0.29) is 17.9 Å². The number of aromatic nitrogens is 4. The Labute approximate surface area is 158 Å². The molecule has 1 unspecified atom stereocenters. The summed E-state index contributed by atoms with van der Waals surface area (Å²) < 4.78 is 1.62. The number of nitrogens with one attached hydrogen (secondary N) is 1. The number of hydrogen-bond acceptors (Lipinski definition) is 5. The van der Waals surface area contributed by atoms with Crippen LogP contribution in [-0.2, 0) is 28.8 Å². The first kappa shape index (κ1) is 19.0. The first-order valence-electron chi connectivity index (χ1n) is 9.17. The van der Waals surface area contributed by atoms with Gasteiger partial charge >= 0.3 is 6.03 Å². The number of rotatable bonds is 5. The van der Waals surface area contributed by atoms with Gasteiger partial charge in [-0.3, -0.25) is 9.69 Å². The lowest BCUT2D eigenvalue weighted by Gasteiger charge is -2.24.